The Morgan fingerprint density at radius 2 is 2.19 bits per heavy atom. The Balaban J connectivity index is 1.40. The number of aryl methyl sites for hydroxylation is 2. The Morgan fingerprint density at radius 3 is 3.04 bits per heavy atom. The average molecular weight is 348 g/mol. The van der Waals surface area contributed by atoms with Gasteiger partial charge in [-0.25, -0.2) is 0 Å². The van der Waals surface area contributed by atoms with Crippen LogP contribution in [0.1, 0.15) is 17.5 Å². The third-order valence-corrected chi connectivity index (χ3v) is 4.59. The second kappa shape index (κ2) is 7.00. The zero-order valence-electron chi connectivity index (χ0n) is 14.6. The predicted molar refractivity (Wildman–Crippen MR) is 97.5 cm³/mol. The van der Waals surface area contributed by atoms with Crippen molar-refractivity contribution in [3.8, 4) is 17.0 Å². The van der Waals surface area contributed by atoms with Gasteiger partial charge in [-0.1, -0.05) is 18.2 Å². The monoisotopic (exact) mass is 348 g/mol. The Bertz CT molecular complexity index is 935. The maximum Gasteiger partial charge on any atom is 0.261 e. The fourth-order valence-corrected chi connectivity index (χ4v) is 3.19. The van der Waals surface area contributed by atoms with E-state index >= 15 is 0 Å². The zero-order valence-corrected chi connectivity index (χ0v) is 14.6. The van der Waals surface area contributed by atoms with Crippen molar-refractivity contribution in [1.29, 1.82) is 0 Å². The summed E-state index contributed by atoms with van der Waals surface area (Å²) in [5.41, 5.74) is 4.05. The predicted octanol–water partition coefficient (Wildman–Crippen LogP) is 2.49. The van der Waals surface area contributed by atoms with Crippen LogP contribution in [0, 0.1) is 0 Å². The van der Waals surface area contributed by atoms with Gasteiger partial charge in [0.15, 0.2) is 6.10 Å². The molecule has 26 heavy (non-hydrogen) atoms. The van der Waals surface area contributed by atoms with Crippen LogP contribution in [-0.4, -0.2) is 26.8 Å². The first-order valence-corrected chi connectivity index (χ1v) is 8.65. The number of hydrogen-bond donors (Lipinski definition) is 1. The molecule has 4 rings (SSSR count). The van der Waals surface area contributed by atoms with Crippen LogP contribution >= 0.6 is 0 Å². The van der Waals surface area contributed by atoms with Crippen LogP contribution < -0.4 is 10.1 Å². The number of nitrogens with zero attached hydrogens (tertiary/aromatic N) is 3. The second-order valence-corrected chi connectivity index (χ2v) is 6.39. The first-order valence-electron chi connectivity index (χ1n) is 8.65. The van der Waals surface area contributed by atoms with Gasteiger partial charge in [0, 0.05) is 37.7 Å². The quantitative estimate of drug-likeness (QED) is 0.786. The number of nitrogens with one attached hydrogen (secondary N) is 1. The fraction of sp³-hybridized carbons (Fsp3) is 0.250. The molecule has 1 aliphatic rings. The minimum Gasteiger partial charge on any atom is -0.480 e. The van der Waals surface area contributed by atoms with E-state index in [0.29, 0.717) is 13.0 Å². The lowest BCUT2D eigenvalue weighted by Crippen LogP contribution is -2.40. The average Bonchev–Trinajstić information content (AvgIpc) is 3.12. The number of aromatic nitrogens is 3. The largest absolute Gasteiger partial charge is 0.480 e. The minimum atomic E-state index is -0.446. The van der Waals surface area contributed by atoms with Gasteiger partial charge in [-0.3, -0.25) is 14.5 Å². The molecule has 1 atom stereocenters. The van der Waals surface area contributed by atoms with E-state index in [9.17, 15) is 4.79 Å². The van der Waals surface area contributed by atoms with Crippen LogP contribution in [0.15, 0.2) is 55.0 Å². The number of carbonyl (C=O) groups excluding carboxylic acids is 1. The molecule has 6 heteroatoms. The molecule has 1 N–H and O–H groups in total. The number of carbonyl (C=O) groups is 1. The maximum atomic E-state index is 12.5. The first kappa shape index (κ1) is 16.3. The molecule has 0 fully saturated rings. The summed E-state index contributed by atoms with van der Waals surface area (Å²) in [5, 5.41) is 7.14. The van der Waals surface area contributed by atoms with E-state index in [1.54, 1.807) is 23.3 Å². The summed E-state index contributed by atoms with van der Waals surface area (Å²) < 4.78 is 7.64. The molecule has 0 radical (unpaired) electrons. The Labute approximate surface area is 151 Å². The summed E-state index contributed by atoms with van der Waals surface area (Å²) in [4.78, 5) is 16.8. The Morgan fingerprint density at radius 1 is 1.31 bits per heavy atom. The van der Waals surface area contributed by atoms with E-state index in [1.807, 2.05) is 43.4 Å². The van der Waals surface area contributed by atoms with Crippen molar-refractivity contribution in [3.63, 3.8) is 0 Å². The summed E-state index contributed by atoms with van der Waals surface area (Å²) >= 11 is 0. The van der Waals surface area contributed by atoms with Gasteiger partial charge in [-0.2, -0.15) is 5.10 Å². The van der Waals surface area contributed by atoms with Gasteiger partial charge in [0.1, 0.15) is 5.75 Å². The molecule has 0 unspecified atom stereocenters. The number of benzene rings is 1. The molecule has 132 valence electrons. The third kappa shape index (κ3) is 3.31. The molecule has 0 aliphatic carbocycles. The van der Waals surface area contributed by atoms with Crippen LogP contribution in [0.3, 0.4) is 0 Å². The molecule has 1 aliphatic heterocycles. The summed E-state index contributed by atoms with van der Waals surface area (Å²) in [5.74, 6) is 0.712. The number of pyridine rings is 1. The van der Waals surface area contributed by atoms with Crippen molar-refractivity contribution in [2.45, 2.75) is 25.5 Å². The molecule has 0 bridgehead atoms. The smallest absolute Gasteiger partial charge is 0.261 e. The second-order valence-electron chi connectivity index (χ2n) is 6.39. The van der Waals surface area contributed by atoms with Crippen LogP contribution in [0.5, 0.6) is 5.75 Å². The Hall–Kier alpha value is -3.15. The fourth-order valence-electron chi connectivity index (χ4n) is 3.19. The molecule has 2 aromatic heterocycles. The normalized spacial score (nSPS) is 15.8. The van der Waals surface area contributed by atoms with E-state index in [-0.39, 0.29) is 5.91 Å². The highest BCUT2D eigenvalue weighted by Gasteiger charge is 2.25. The van der Waals surface area contributed by atoms with Gasteiger partial charge in [-0.05, 0) is 42.2 Å². The molecular formula is C20H20N4O2. The number of para-hydroxylation sites is 1. The van der Waals surface area contributed by atoms with E-state index < -0.39 is 6.10 Å². The Kier molecular flexibility index (Phi) is 4.39. The highest BCUT2D eigenvalue weighted by atomic mass is 16.5. The highest BCUT2D eigenvalue weighted by Crippen LogP contribution is 2.27. The molecule has 1 aromatic carbocycles. The lowest BCUT2D eigenvalue weighted by molar-refractivity contribution is -0.128. The number of ether oxygens (including phenoxy) is 1. The zero-order chi connectivity index (χ0) is 17.9. The lowest BCUT2D eigenvalue weighted by atomic mass is 10.0. The van der Waals surface area contributed by atoms with Crippen LogP contribution in [0.2, 0.25) is 0 Å². The minimum absolute atomic E-state index is 0.0922. The SMILES string of the molecule is Cn1nccc1-c1cncc(CNC(=O)[C@@H]2CCc3ccccc3O2)c1. The lowest BCUT2D eigenvalue weighted by Gasteiger charge is -2.25. The molecule has 3 aromatic rings. The van der Waals surface area contributed by atoms with Crippen LogP contribution in [0.25, 0.3) is 11.3 Å². The van der Waals surface area contributed by atoms with Crippen molar-refractivity contribution >= 4 is 5.91 Å². The van der Waals surface area contributed by atoms with Crippen molar-refractivity contribution in [3.05, 3.63) is 66.1 Å². The maximum absolute atomic E-state index is 12.5. The topological polar surface area (TPSA) is 69.0 Å². The van der Waals surface area contributed by atoms with Crippen molar-refractivity contribution < 1.29 is 9.53 Å². The molecule has 0 spiro atoms. The van der Waals surface area contributed by atoms with Gasteiger partial charge < -0.3 is 10.1 Å². The van der Waals surface area contributed by atoms with Gasteiger partial charge in [0.25, 0.3) is 5.91 Å². The van der Waals surface area contributed by atoms with Crippen molar-refractivity contribution in [1.82, 2.24) is 20.1 Å². The third-order valence-electron chi connectivity index (χ3n) is 4.59. The van der Waals surface area contributed by atoms with Gasteiger partial charge in [0.05, 0.1) is 5.69 Å². The standard InChI is InChI=1S/C20H20N4O2/c1-24-17(8-9-23-24)16-10-14(11-21-13-16)12-22-20(25)19-7-6-15-4-2-3-5-18(15)26-19/h2-5,8-11,13,19H,6-7,12H2,1H3,(H,22,25)/t19-/m0/s1. The van der Waals surface area contributed by atoms with Crippen LogP contribution in [0.4, 0.5) is 0 Å². The molecular weight excluding hydrogens is 328 g/mol. The number of hydrogen-bond acceptors (Lipinski definition) is 4. The first-order chi connectivity index (χ1) is 12.7. The highest BCUT2D eigenvalue weighted by molar-refractivity contribution is 5.81. The summed E-state index contributed by atoms with van der Waals surface area (Å²) in [6.07, 6.45) is 6.41. The van der Waals surface area contributed by atoms with Gasteiger partial charge >= 0.3 is 0 Å². The molecule has 0 saturated carbocycles. The number of fused-ring (bicyclic) bond motifs is 1. The molecule has 6 nitrogen and oxygen atoms in total. The molecule has 0 saturated heterocycles. The van der Waals surface area contributed by atoms with E-state index in [1.165, 1.54) is 0 Å². The van der Waals surface area contributed by atoms with Crippen LogP contribution in [-0.2, 0) is 24.8 Å². The summed E-state index contributed by atoms with van der Waals surface area (Å²) in [7, 11) is 1.89. The van der Waals surface area contributed by atoms with Gasteiger partial charge in [0.2, 0.25) is 0 Å². The van der Waals surface area contributed by atoms with E-state index in [2.05, 4.69) is 15.4 Å². The number of amides is 1. The van der Waals surface area contributed by atoms with E-state index in [4.69, 9.17) is 4.74 Å². The van der Waals surface area contributed by atoms with E-state index in [0.717, 1.165) is 34.6 Å². The van der Waals surface area contributed by atoms with Crippen molar-refractivity contribution in [2.24, 2.45) is 7.05 Å². The number of rotatable bonds is 4. The summed E-state index contributed by atoms with van der Waals surface area (Å²) in [6.45, 7) is 0.416. The summed E-state index contributed by atoms with van der Waals surface area (Å²) in [6, 6.07) is 11.8. The van der Waals surface area contributed by atoms with Gasteiger partial charge in [-0.15, -0.1) is 0 Å². The molecule has 3 heterocycles. The van der Waals surface area contributed by atoms with Crippen molar-refractivity contribution in [2.75, 3.05) is 0 Å². The molecule has 1 amide bonds.